The minimum Gasteiger partial charge on any atom is -0.349 e. The van der Waals surface area contributed by atoms with Gasteiger partial charge in [0.25, 0.3) is 0 Å². The van der Waals surface area contributed by atoms with Crippen LogP contribution in [-0.2, 0) is 21.4 Å². The summed E-state index contributed by atoms with van der Waals surface area (Å²) in [6.45, 7) is 0.146. The van der Waals surface area contributed by atoms with Gasteiger partial charge in [-0.2, -0.15) is 4.31 Å². The molecule has 8 nitrogen and oxygen atoms in total. The van der Waals surface area contributed by atoms with Crippen molar-refractivity contribution in [3.8, 4) is 11.3 Å². The van der Waals surface area contributed by atoms with Crippen molar-refractivity contribution in [2.75, 3.05) is 0 Å². The Kier molecular flexibility index (Phi) is 5.18. The summed E-state index contributed by atoms with van der Waals surface area (Å²) in [5.41, 5.74) is 2.11. The van der Waals surface area contributed by atoms with E-state index >= 15 is 0 Å². The van der Waals surface area contributed by atoms with E-state index in [4.69, 9.17) is 0 Å². The zero-order valence-electron chi connectivity index (χ0n) is 16.9. The van der Waals surface area contributed by atoms with E-state index in [0.717, 1.165) is 17.7 Å². The van der Waals surface area contributed by atoms with Crippen LogP contribution >= 0.6 is 0 Å². The molecule has 164 valence electrons. The highest BCUT2D eigenvalue weighted by Crippen LogP contribution is 2.48. The molecule has 2 aliphatic heterocycles. The number of rotatable bonds is 6. The van der Waals surface area contributed by atoms with Crippen molar-refractivity contribution in [3.05, 3.63) is 72.7 Å². The second-order valence-electron chi connectivity index (χ2n) is 7.97. The molecule has 2 saturated heterocycles. The van der Waals surface area contributed by atoms with Crippen molar-refractivity contribution in [2.45, 2.75) is 36.4 Å². The molecule has 3 aromatic rings. The third-order valence-corrected chi connectivity index (χ3v) is 7.96. The maximum atomic E-state index is 13.3. The third kappa shape index (κ3) is 3.65. The number of hydrogen-bond donors (Lipinski definition) is 1. The van der Waals surface area contributed by atoms with Crippen LogP contribution in [0.1, 0.15) is 18.5 Å². The van der Waals surface area contributed by atoms with Crippen molar-refractivity contribution in [3.63, 3.8) is 0 Å². The van der Waals surface area contributed by atoms with Crippen LogP contribution in [0.25, 0.3) is 11.3 Å². The standard InChI is InChI=1S/C22H20FN5O3S/c23-16-3-5-19(6-4-16)32(30,31)28-18-8-15(9-18)21(28)22(29)25-12-17-10-20(27-13-26-17)14-2-1-7-24-11-14/h1-7,10-11,13,15,18,21H,8-9,12H2,(H,25,29)/t15?,18?,21-/m0/s1. The van der Waals surface area contributed by atoms with Crippen LogP contribution in [0.15, 0.2) is 66.1 Å². The van der Waals surface area contributed by atoms with Gasteiger partial charge < -0.3 is 5.32 Å². The summed E-state index contributed by atoms with van der Waals surface area (Å²) >= 11 is 0. The van der Waals surface area contributed by atoms with Gasteiger partial charge in [0.15, 0.2) is 0 Å². The Bertz CT molecular complexity index is 1250. The second-order valence-corrected chi connectivity index (χ2v) is 9.82. The summed E-state index contributed by atoms with van der Waals surface area (Å²) in [4.78, 5) is 25.5. The molecule has 0 unspecified atom stereocenters. The summed E-state index contributed by atoms with van der Waals surface area (Å²) in [6.07, 6.45) is 6.08. The summed E-state index contributed by atoms with van der Waals surface area (Å²) in [5, 5.41) is 2.83. The van der Waals surface area contributed by atoms with E-state index in [1.165, 1.54) is 22.8 Å². The van der Waals surface area contributed by atoms with Gasteiger partial charge in [0.2, 0.25) is 15.9 Å². The number of aromatic nitrogens is 3. The molecule has 1 aliphatic carbocycles. The molecule has 6 rings (SSSR count). The number of carbonyl (C=O) groups is 1. The van der Waals surface area contributed by atoms with Gasteiger partial charge in [-0.15, -0.1) is 0 Å². The first-order valence-corrected chi connectivity index (χ1v) is 11.7. The van der Waals surface area contributed by atoms with Gasteiger partial charge in [0.05, 0.1) is 22.8 Å². The van der Waals surface area contributed by atoms with E-state index in [1.807, 2.05) is 6.07 Å². The van der Waals surface area contributed by atoms with Gasteiger partial charge in [-0.25, -0.2) is 22.8 Å². The van der Waals surface area contributed by atoms with E-state index in [0.29, 0.717) is 24.2 Å². The first kappa shape index (κ1) is 20.7. The van der Waals surface area contributed by atoms with E-state index in [1.54, 1.807) is 24.5 Å². The third-order valence-electron chi connectivity index (χ3n) is 6.01. The van der Waals surface area contributed by atoms with E-state index in [2.05, 4.69) is 20.3 Å². The number of halogens is 1. The van der Waals surface area contributed by atoms with Crippen LogP contribution in [0, 0.1) is 11.7 Å². The van der Waals surface area contributed by atoms with Crippen LogP contribution in [0.3, 0.4) is 0 Å². The van der Waals surface area contributed by atoms with Crippen LogP contribution in [0.2, 0.25) is 0 Å². The number of nitrogens with one attached hydrogen (secondary N) is 1. The monoisotopic (exact) mass is 453 g/mol. The van der Waals surface area contributed by atoms with Gasteiger partial charge in [-0.3, -0.25) is 9.78 Å². The summed E-state index contributed by atoms with van der Waals surface area (Å²) in [6, 6.07) is 9.14. The lowest BCUT2D eigenvalue weighted by Crippen LogP contribution is -2.46. The van der Waals surface area contributed by atoms with Gasteiger partial charge in [0.1, 0.15) is 18.2 Å². The molecule has 1 saturated carbocycles. The Hall–Kier alpha value is -3.24. The predicted octanol–water partition coefficient (Wildman–Crippen LogP) is 2.15. The number of fused-ring (bicyclic) bond motifs is 1. The molecule has 3 fully saturated rings. The summed E-state index contributed by atoms with van der Waals surface area (Å²) in [7, 11) is -3.91. The van der Waals surface area contributed by atoms with Crippen LogP contribution < -0.4 is 5.32 Å². The molecule has 0 spiro atoms. The summed E-state index contributed by atoms with van der Waals surface area (Å²) < 4.78 is 40.9. The fraction of sp³-hybridized carbons (Fsp3) is 0.273. The Morgan fingerprint density at radius 2 is 1.94 bits per heavy atom. The number of pyridine rings is 1. The molecule has 32 heavy (non-hydrogen) atoms. The first-order valence-electron chi connectivity index (χ1n) is 10.2. The number of nitrogens with zero attached hydrogens (tertiary/aromatic N) is 4. The second kappa shape index (κ2) is 8.03. The van der Waals surface area contributed by atoms with E-state index in [-0.39, 0.29) is 29.3 Å². The van der Waals surface area contributed by atoms with Gasteiger partial charge in [-0.05, 0) is 61.2 Å². The molecule has 1 atom stereocenters. The number of sulfonamides is 1. The Balaban J connectivity index is 1.32. The van der Waals surface area contributed by atoms with Gasteiger partial charge in [-0.1, -0.05) is 0 Å². The van der Waals surface area contributed by atoms with E-state index < -0.39 is 21.9 Å². The van der Waals surface area contributed by atoms with Crippen LogP contribution in [-0.4, -0.2) is 45.7 Å². The molecule has 1 amide bonds. The molecule has 2 aromatic heterocycles. The highest BCUT2D eigenvalue weighted by atomic mass is 32.2. The topological polar surface area (TPSA) is 105 Å². The summed E-state index contributed by atoms with van der Waals surface area (Å²) in [5.74, 6) is -0.895. The number of hydrogen-bond acceptors (Lipinski definition) is 6. The minimum absolute atomic E-state index is 0.0128. The van der Waals surface area contributed by atoms with E-state index in [9.17, 15) is 17.6 Å². The lowest BCUT2D eigenvalue weighted by Gasteiger charge is -2.25. The SMILES string of the molecule is O=C(NCc1cc(-c2cccnc2)ncn1)[C@@H]1C2CC(C2)N1S(=O)(=O)c1ccc(F)cc1. The normalized spacial score (nSPS) is 22.3. The Morgan fingerprint density at radius 1 is 1.16 bits per heavy atom. The average molecular weight is 453 g/mol. The molecule has 10 heteroatoms. The Morgan fingerprint density at radius 3 is 2.66 bits per heavy atom. The quantitative estimate of drug-likeness (QED) is 0.613. The first-order chi connectivity index (χ1) is 15.4. The highest BCUT2D eigenvalue weighted by Gasteiger charge is 2.58. The molecule has 2 bridgehead atoms. The number of amides is 1. The van der Waals surface area contributed by atoms with Crippen LogP contribution in [0.5, 0.6) is 0 Å². The lowest BCUT2D eigenvalue weighted by molar-refractivity contribution is -0.124. The zero-order valence-corrected chi connectivity index (χ0v) is 17.7. The van der Waals surface area contributed by atoms with Crippen molar-refractivity contribution < 1.29 is 17.6 Å². The highest BCUT2D eigenvalue weighted by molar-refractivity contribution is 7.89. The van der Waals surface area contributed by atoms with Crippen LogP contribution in [0.4, 0.5) is 4.39 Å². The van der Waals surface area contributed by atoms with Crippen molar-refractivity contribution in [1.29, 1.82) is 0 Å². The van der Waals surface area contributed by atoms with Crippen molar-refractivity contribution in [2.24, 2.45) is 5.92 Å². The number of benzene rings is 1. The molecule has 1 aromatic carbocycles. The molecular weight excluding hydrogens is 433 g/mol. The van der Waals surface area contributed by atoms with Crippen molar-refractivity contribution in [1.82, 2.24) is 24.6 Å². The van der Waals surface area contributed by atoms with Gasteiger partial charge >= 0.3 is 0 Å². The fourth-order valence-electron chi connectivity index (χ4n) is 4.38. The molecule has 4 heterocycles. The lowest BCUT2D eigenvalue weighted by atomic mass is 9.83. The number of carbonyl (C=O) groups excluding carboxylic acids is 1. The largest absolute Gasteiger partial charge is 0.349 e. The Labute approximate surface area is 184 Å². The maximum Gasteiger partial charge on any atom is 0.244 e. The predicted molar refractivity (Wildman–Crippen MR) is 113 cm³/mol. The fourth-order valence-corrected chi connectivity index (χ4v) is 6.24. The minimum atomic E-state index is -3.91. The molecule has 1 N–H and O–H groups in total. The van der Waals surface area contributed by atoms with Crippen molar-refractivity contribution >= 4 is 15.9 Å². The molecule has 0 radical (unpaired) electrons. The zero-order chi connectivity index (χ0) is 22.3. The smallest absolute Gasteiger partial charge is 0.244 e. The maximum absolute atomic E-state index is 13.3. The molecule has 3 aliphatic rings. The molecular formula is C22H20FN5O3S. The average Bonchev–Trinajstić information content (AvgIpc) is 3.36. The van der Waals surface area contributed by atoms with Gasteiger partial charge in [0, 0.05) is 24.0 Å².